The fraction of sp³-hybridized carbons (Fsp3) is 0.217. The number of anilines is 2. The summed E-state index contributed by atoms with van der Waals surface area (Å²) in [4.78, 5) is 47.5. The molecule has 2 aromatic carbocycles. The van der Waals surface area contributed by atoms with Crippen LogP contribution in [0.25, 0.3) is 0 Å². The molecule has 0 spiro atoms. The van der Waals surface area contributed by atoms with E-state index in [9.17, 15) is 45.5 Å². The average Bonchev–Trinajstić information content (AvgIpc) is 2.82. The zero-order valence-corrected chi connectivity index (χ0v) is 19.6. The van der Waals surface area contributed by atoms with E-state index in [1.807, 2.05) is 0 Å². The van der Waals surface area contributed by atoms with Gasteiger partial charge in [-0.15, -0.1) is 26.3 Å². The summed E-state index contributed by atoms with van der Waals surface area (Å²) in [7, 11) is 0. The van der Waals surface area contributed by atoms with E-state index < -0.39 is 61.2 Å². The van der Waals surface area contributed by atoms with Gasteiger partial charge in [0.25, 0.3) is 11.8 Å². The van der Waals surface area contributed by atoms with Crippen molar-refractivity contribution in [2.75, 3.05) is 23.8 Å². The zero-order valence-electron chi connectivity index (χ0n) is 19.6. The Morgan fingerprint density at radius 2 is 1.08 bits per heavy atom. The van der Waals surface area contributed by atoms with Crippen molar-refractivity contribution in [3.63, 3.8) is 0 Å². The molecule has 0 aliphatic heterocycles. The summed E-state index contributed by atoms with van der Waals surface area (Å²) in [5.74, 6) is -4.88. The van der Waals surface area contributed by atoms with Crippen molar-refractivity contribution in [1.29, 1.82) is 0 Å². The second kappa shape index (κ2) is 13.2. The molecule has 39 heavy (non-hydrogen) atoms. The highest BCUT2D eigenvalue weighted by Gasteiger charge is 2.31. The number of carbonyl (C=O) groups excluding carboxylic acids is 4. The van der Waals surface area contributed by atoms with Crippen molar-refractivity contribution in [1.82, 2.24) is 0 Å². The van der Waals surface area contributed by atoms with Gasteiger partial charge < -0.3 is 29.6 Å². The molecule has 0 fully saturated rings. The Morgan fingerprint density at radius 1 is 0.692 bits per heavy atom. The SMILES string of the molecule is CC(=CC(=O)OCC(=O)Nc1ccc(OC(F)(F)F)cc1)C(=O)OCC(=O)Nc1ccc(OC(F)(F)F)cc1. The van der Waals surface area contributed by atoms with Crippen molar-refractivity contribution in [3.8, 4) is 11.5 Å². The zero-order chi connectivity index (χ0) is 29.2. The highest BCUT2D eigenvalue weighted by molar-refractivity contribution is 5.99. The molecule has 0 saturated heterocycles. The molecule has 0 aromatic heterocycles. The van der Waals surface area contributed by atoms with Crippen LogP contribution in [0.15, 0.2) is 60.2 Å². The summed E-state index contributed by atoms with van der Waals surface area (Å²) in [6.07, 6.45) is -9.06. The molecule has 16 heteroatoms. The molecule has 0 heterocycles. The maximum absolute atomic E-state index is 12.2. The summed E-state index contributed by atoms with van der Waals surface area (Å²) in [5.41, 5.74) is -0.114. The quantitative estimate of drug-likeness (QED) is 0.251. The van der Waals surface area contributed by atoms with Crippen LogP contribution in [0.5, 0.6) is 11.5 Å². The second-order valence-electron chi connectivity index (χ2n) is 7.25. The minimum Gasteiger partial charge on any atom is -0.452 e. The number of alkyl halides is 6. The molecule has 210 valence electrons. The number of nitrogens with one attached hydrogen (secondary N) is 2. The van der Waals surface area contributed by atoms with Gasteiger partial charge in [-0.1, -0.05) is 0 Å². The number of benzene rings is 2. The van der Waals surface area contributed by atoms with Gasteiger partial charge in [-0.3, -0.25) is 9.59 Å². The topological polar surface area (TPSA) is 129 Å². The van der Waals surface area contributed by atoms with Gasteiger partial charge in [0.15, 0.2) is 13.2 Å². The Bertz CT molecular complexity index is 1210. The van der Waals surface area contributed by atoms with E-state index in [1.54, 1.807) is 0 Å². The smallest absolute Gasteiger partial charge is 0.452 e. The largest absolute Gasteiger partial charge is 0.573 e. The van der Waals surface area contributed by atoms with Crippen molar-refractivity contribution in [3.05, 3.63) is 60.2 Å². The standard InChI is InChI=1S/C23H18F6N2O8/c1-13(21(35)37-12-19(33)31-15-4-8-17(9-5-15)39-23(27,28)29)10-20(34)36-11-18(32)30-14-2-6-16(7-3-14)38-22(24,25)26/h2-10H,11-12H2,1H3,(H,30,32)(H,31,33). The number of esters is 2. The fourth-order valence-electron chi connectivity index (χ4n) is 2.53. The molecule has 0 aliphatic rings. The lowest BCUT2D eigenvalue weighted by Crippen LogP contribution is -2.22. The fourth-order valence-corrected chi connectivity index (χ4v) is 2.53. The molecule has 2 N–H and O–H groups in total. The van der Waals surface area contributed by atoms with Crippen LogP contribution < -0.4 is 20.1 Å². The van der Waals surface area contributed by atoms with Gasteiger partial charge >= 0.3 is 24.7 Å². The first-order valence-corrected chi connectivity index (χ1v) is 10.4. The molecular formula is C23H18F6N2O8. The maximum Gasteiger partial charge on any atom is 0.573 e. The molecule has 2 rings (SSSR count). The first-order chi connectivity index (χ1) is 18.1. The molecule has 0 radical (unpaired) electrons. The summed E-state index contributed by atoms with van der Waals surface area (Å²) in [6, 6.07) is 8.30. The summed E-state index contributed by atoms with van der Waals surface area (Å²) < 4.78 is 89.7. The van der Waals surface area contributed by atoms with Crippen LogP contribution in [0.3, 0.4) is 0 Å². The summed E-state index contributed by atoms with van der Waals surface area (Å²) in [5, 5.41) is 4.53. The van der Waals surface area contributed by atoms with Gasteiger partial charge in [-0.25, -0.2) is 9.59 Å². The van der Waals surface area contributed by atoms with Crippen molar-refractivity contribution in [2.24, 2.45) is 0 Å². The number of hydrogen-bond acceptors (Lipinski definition) is 8. The molecule has 0 bridgehead atoms. The molecule has 10 nitrogen and oxygen atoms in total. The Balaban J connectivity index is 1.74. The number of hydrogen-bond donors (Lipinski definition) is 2. The maximum atomic E-state index is 12.2. The average molecular weight is 564 g/mol. The van der Waals surface area contributed by atoms with Crippen molar-refractivity contribution in [2.45, 2.75) is 19.6 Å². The Hall–Kier alpha value is -4.76. The third-order valence-electron chi connectivity index (χ3n) is 4.08. The van der Waals surface area contributed by atoms with Gasteiger partial charge in [-0.2, -0.15) is 0 Å². The lowest BCUT2D eigenvalue weighted by molar-refractivity contribution is -0.275. The first-order valence-electron chi connectivity index (χ1n) is 10.4. The Morgan fingerprint density at radius 3 is 1.46 bits per heavy atom. The van der Waals surface area contributed by atoms with Gasteiger partial charge in [0.2, 0.25) is 0 Å². The van der Waals surface area contributed by atoms with Crippen LogP contribution in [-0.4, -0.2) is 49.7 Å². The number of halogens is 6. The Labute approximate surface area is 215 Å². The molecule has 0 aliphatic carbocycles. The Kier molecular flexibility index (Phi) is 10.3. The van der Waals surface area contributed by atoms with Crippen LogP contribution in [0, 0.1) is 0 Å². The van der Waals surface area contributed by atoms with Crippen LogP contribution in [-0.2, 0) is 28.7 Å². The molecule has 2 aromatic rings. The third kappa shape index (κ3) is 12.4. The van der Waals surface area contributed by atoms with Crippen LogP contribution in [0.4, 0.5) is 37.7 Å². The summed E-state index contributed by atoms with van der Waals surface area (Å²) in [6.45, 7) is -0.436. The van der Waals surface area contributed by atoms with Crippen LogP contribution >= 0.6 is 0 Å². The molecule has 0 unspecified atom stereocenters. The van der Waals surface area contributed by atoms with Crippen LogP contribution in [0.1, 0.15) is 6.92 Å². The van der Waals surface area contributed by atoms with E-state index in [1.165, 1.54) is 0 Å². The number of ether oxygens (including phenoxy) is 4. The van der Waals surface area contributed by atoms with Crippen molar-refractivity contribution < 1.29 is 64.5 Å². The number of rotatable bonds is 10. The number of carbonyl (C=O) groups is 4. The normalized spacial score (nSPS) is 11.7. The lowest BCUT2D eigenvalue weighted by atomic mass is 10.3. The van der Waals surface area contributed by atoms with Gasteiger partial charge in [0, 0.05) is 23.0 Å². The lowest BCUT2D eigenvalue weighted by Gasteiger charge is -2.10. The summed E-state index contributed by atoms with van der Waals surface area (Å²) >= 11 is 0. The highest BCUT2D eigenvalue weighted by Crippen LogP contribution is 2.25. The molecular weight excluding hydrogens is 546 g/mol. The first kappa shape index (κ1) is 30.5. The minimum absolute atomic E-state index is 0.0877. The molecule has 0 saturated carbocycles. The third-order valence-corrected chi connectivity index (χ3v) is 4.08. The van der Waals surface area contributed by atoms with E-state index in [4.69, 9.17) is 4.74 Å². The molecule has 2 amide bonds. The second-order valence-corrected chi connectivity index (χ2v) is 7.25. The van der Waals surface area contributed by atoms with E-state index in [0.717, 1.165) is 55.5 Å². The van der Waals surface area contributed by atoms with E-state index >= 15 is 0 Å². The van der Waals surface area contributed by atoms with Gasteiger partial charge in [0.05, 0.1) is 0 Å². The minimum atomic E-state index is -4.88. The van der Waals surface area contributed by atoms with Gasteiger partial charge in [0.1, 0.15) is 11.5 Å². The monoisotopic (exact) mass is 564 g/mol. The predicted molar refractivity (Wildman–Crippen MR) is 119 cm³/mol. The van der Waals surface area contributed by atoms with Crippen LogP contribution in [0.2, 0.25) is 0 Å². The van der Waals surface area contributed by atoms with E-state index in [0.29, 0.717) is 6.08 Å². The molecule has 0 atom stereocenters. The highest BCUT2D eigenvalue weighted by atomic mass is 19.4. The predicted octanol–water partition coefficient (Wildman–Crippen LogP) is 4.09. The van der Waals surface area contributed by atoms with Gasteiger partial charge in [-0.05, 0) is 55.5 Å². The van der Waals surface area contributed by atoms with E-state index in [-0.39, 0.29) is 16.9 Å². The number of amides is 2. The van der Waals surface area contributed by atoms with Crippen molar-refractivity contribution >= 4 is 35.1 Å². The van der Waals surface area contributed by atoms with E-state index in [2.05, 4.69) is 24.8 Å².